The second kappa shape index (κ2) is 21.3. The number of ether oxygens (including phenoxy) is 1. The highest BCUT2D eigenvalue weighted by atomic mass is 16.5. The average Bonchev–Trinajstić information content (AvgIpc) is 2.94. The Hall–Kier alpha value is -2.79. The van der Waals surface area contributed by atoms with Gasteiger partial charge >= 0.3 is 5.97 Å². The van der Waals surface area contributed by atoms with Crippen LogP contribution in [-0.2, 0) is 9.53 Å². The number of hydrogen-bond acceptors (Lipinski definition) is 5. The van der Waals surface area contributed by atoms with Crippen molar-refractivity contribution < 1.29 is 9.53 Å². The van der Waals surface area contributed by atoms with Crippen LogP contribution in [0.3, 0.4) is 0 Å². The molecule has 0 amide bonds. The first-order valence-corrected chi connectivity index (χ1v) is 14.4. The van der Waals surface area contributed by atoms with Gasteiger partial charge in [0.25, 0.3) is 0 Å². The fraction of sp³-hybridized carbons (Fsp3) is 0.656. The molecular weight excluding hydrogens is 458 g/mol. The van der Waals surface area contributed by atoms with Crippen LogP contribution in [0.2, 0.25) is 0 Å². The molecule has 0 heterocycles. The van der Waals surface area contributed by atoms with Crippen LogP contribution in [0.1, 0.15) is 111 Å². The fourth-order valence-electron chi connectivity index (χ4n) is 4.15. The van der Waals surface area contributed by atoms with Gasteiger partial charge in [0, 0.05) is 18.8 Å². The van der Waals surface area contributed by atoms with Crippen molar-refractivity contribution in [1.29, 1.82) is 10.5 Å². The number of anilines is 1. The van der Waals surface area contributed by atoms with E-state index in [4.69, 9.17) is 0 Å². The number of allylic oxidation sites excluding steroid dienone is 1. The zero-order chi connectivity index (χ0) is 28.1. The molecule has 0 aliphatic heterocycles. The minimum atomic E-state index is -0.789. The lowest BCUT2D eigenvalue weighted by Crippen LogP contribution is -2.34. The Morgan fingerprint density at radius 1 is 0.811 bits per heavy atom. The zero-order valence-corrected chi connectivity index (χ0v) is 24.6. The van der Waals surface area contributed by atoms with E-state index in [-0.39, 0.29) is 11.1 Å². The van der Waals surface area contributed by atoms with E-state index < -0.39 is 5.97 Å². The number of hydrogen-bond donors (Lipinski definition) is 0. The van der Waals surface area contributed by atoms with Gasteiger partial charge in [-0.2, -0.15) is 10.5 Å². The number of unbranched alkanes of at least 4 members (excludes halogenated alkanes) is 3. The van der Waals surface area contributed by atoms with Crippen molar-refractivity contribution in [3.63, 3.8) is 0 Å². The van der Waals surface area contributed by atoms with E-state index in [2.05, 4.69) is 51.2 Å². The highest BCUT2D eigenvalue weighted by Crippen LogP contribution is 2.27. The molecule has 0 aliphatic carbocycles. The third kappa shape index (κ3) is 12.8. The largest absolute Gasteiger partial charge is 0.465 e. The summed E-state index contributed by atoms with van der Waals surface area (Å²) < 4.78 is 4.67. The summed E-state index contributed by atoms with van der Waals surface area (Å²) in [4.78, 5) is 14.4. The van der Waals surface area contributed by atoms with E-state index >= 15 is 0 Å². The summed E-state index contributed by atoms with van der Waals surface area (Å²) in [6.45, 7) is 15.4. The lowest BCUT2D eigenvalue weighted by Gasteiger charge is -2.32. The fourth-order valence-corrected chi connectivity index (χ4v) is 4.15. The molecule has 5 heteroatoms. The Balaban J connectivity index is 0.00000300. The van der Waals surface area contributed by atoms with Crippen LogP contribution in [-0.4, -0.2) is 26.2 Å². The van der Waals surface area contributed by atoms with Crippen LogP contribution < -0.4 is 4.90 Å². The number of nitrogens with zero attached hydrogens (tertiary/aromatic N) is 3. The lowest BCUT2D eigenvalue weighted by atomic mass is 9.95. The Bertz CT molecular complexity index is 842. The molecule has 206 valence electrons. The molecular formula is C32H51N3O2. The standard InChI is InChI=1S/C28H41N3O2.C4H10/c1-6-10-12-22(8-3)20-31(21-23(9-4)13-11-7-2)25-16-14-24(15-17-25)26(18-29)27(19-30)28(32)33-5;1-3-4-2/h14-17,22-23H,6-13,20-21H2,1-5H3;3-4H2,1-2H3/b27-26-;. The van der Waals surface area contributed by atoms with Gasteiger partial charge in [-0.05, 0) is 42.4 Å². The summed E-state index contributed by atoms with van der Waals surface area (Å²) in [6.07, 6.45) is 12.4. The number of carbonyl (C=O) groups is 1. The maximum absolute atomic E-state index is 11.9. The molecule has 0 fully saturated rings. The normalized spacial score (nSPS) is 12.7. The SMILES string of the molecule is CCCC.CCCCC(CC)CN(CC(CC)CCCC)c1ccc(/C(C#N)=C(/C#N)C(=O)OC)cc1. The summed E-state index contributed by atoms with van der Waals surface area (Å²) in [6, 6.07) is 11.5. The van der Waals surface area contributed by atoms with Crippen molar-refractivity contribution in [3.05, 3.63) is 35.4 Å². The summed E-state index contributed by atoms with van der Waals surface area (Å²) in [7, 11) is 1.21. The zero-order valence-electron chi connectivity index (χ0n) is 24.6. The topological polar surface area (TPSA) is 77.1 Å². The number of rotatable bonds is 16. The first-order chi connectivity index (χ1) is 17.9. The molecule has 1 rings (SSSR count). The summed E-state index contributed by atoms with van der Waals surface area (Å²) in [5.74, 6) is 0.503. The van der Waals surface area contributed by atoms with Gasteiger partial charge in [-0.15, -0.1) is 0 Å². The minimum Gasteiger partial charge on any atom is -0.465 e. The van der Waals surface area contributed by atoms with Gasteiger partial charge in [0.1, 0.15) is 12.1 Å². The van der Waals surface area contributed by atoms with Crippen LogP contribution in [0.25, 0.3) is 5.57 Å². The van der Waals surface area contributed by atoms with Crippen LogP contribution in [0.15, 0.2) is 29.8 Å². The van der Waals surface area contributed by atoms with Crippen LogP contribution in [0, 0.1) is 34.5 Å². The molecule has 0 spiro atoms. The monoisotopic (exact) mass is 509 g/mol. The molecule has 0 radical (unpaired) electrons. The van der Waals surface area contributed by atoms with Gasteiger partial charge in [-0.3, -0.25) is 0 Å². The Morgan fingerprint density at radius 2 is 1.30 bits per heavy atom. The predicted molar refractivity (Wildman–Crippen MR) is 156 cm³/mol. The Kier molecular flexibility index (Phi) is 19.7. The van der Waals surface area contributed by atoms with Crippen LogP contribution >= 0.6 is 0 Å². The Morgan fingerprint density at radius 3 is 1.62 bits per heavy atom. The van der Waals surface area contributed by atoms with Gasteiger partial charge in [0.15, 0.2) is 5.57 Å². The molecule has 0 aromatic heterocycles. The van der Waals surface area contributed by atoms with Crippen molar-refractivity contribution in [3.8, 4) is 12.1 Å². The minimum absolute atomic E-state index is 0.0474. The third-order valence-corrected chi connectivity index (χ3v) is 6.93. The number of benzene rings is 1. The first-order valence-electron chi connectivity index (χ1n) is 14.4. The summed E-state index contributed by atoms with van der Waals surface area (Å²) in [5.41, 5.74) is 1.46. The molecule has 5 nitrogen and oxygen atoms in total. The van der Waals surface area contributed by atoms with E-state index in [1.807, 2.05) is 36.4 Å². The van der Waals surface area contributed by atoms with E-state index in [0.29, 0.717) is 17.4 Å². The molecule has 0 saturated carbocycles. The van der Waals surface area contributed by atoms with E-state index in [1.165, 1.54) is 58.5 Å². The molecule has 2 unspecified atom stereocenters. The molecule has 0 aliphatic rings. The first kappa shape index (κ1) is 34.2. The molecule has 1 aromatic rings. The smallest absolute Gasteiger partial charge is 0.350 e. The van der Waals surface area contributed by atoms with Gasteiger partial charge in [-0.1, -0.05) is 105 Å². The van der Waals surface area contributed by atoms with Gasteiger partial charge < -0.3 is 9.64 Å². The van der Waals surface area contributed by atoms with Crippen molar-refractivity contribution in [1.82, 2.24) is 0 Å². The van der Waals surface area contributed by atoms with Crippen molar-refractivity contribution in [2.75, 3.05) is 25.1 Å². The Labute approximate surface area is 227 Å². The molecule has 0 N–H and O–H groups in total. The van der Waals surface area contributed by atoms with Crippen molar-refractivity contribution in [2.45, 2.75) is 106 Å². The summed E-state index contributed by atoms with van der Waals surface area (Å²) in [5, 5.41) is 19.0. The second-order valence-corrected chi connectivity index (χ2v) is 9.75. The van der Waals surface area contributed by atoms with Gasteiger partial charge in [0.05, 0.1) is 12.7 Å². The number of esters is 1. The van der Waals surface area contributed by atoms with Gasteiger partial charge in [0.2, 0.25) is 0 Å². The molecule has 0 saturated heterocycles. The number of nitriles is 2. The number of methoxy groups -OCH3 is 1. The molecule has 1 aromatic carbocycles. The van der Waals surface area contributed by atoms with Gasteiger partial charge in [-0.25, -0.2) is 4.79 Å². The highest BCUT2D eigenvalue weighted by molar-refractivity contribution is 6.04. The predicted octanol–water partition coefficient (Wildman–Crippen LogP) is 8.71. The van der Waals surface area contributed by atoms with Crippen LogP contribution in [0.5, 0.6) is 0 Å². The summed E-state index contributed by atoms with van der Waals surface area (Å²) >= 11 is 0. The van der Waals surface area contributed by atoms with E-state index in [9.17, 15) is 15.3 Å². The molecule has 37 heavy (non-hydrogen) atoms. The third-order valence-electron chi connectivity index (χ3n) is 6.93. The maximum atomic E-state index is 11.9. The van der Waals surface area contributed by atoms with E-state index in [1.54, 1.807) is 0 Å². The second-order valence-electron chi connectivity index (χ2n) is 9.75. The lowest BCUT2D eigenvalue weighted by molar-refractivity contribution is -0.135. The highest BCUT2D eigenvalue weighted by Gasteiger charge is 2.20. The number of carbonyl (C=O) groups excluding carboxylic acids is 1. The van der Waals surface area contributed by atoms with Crippen molar-refractivity contribution in [2.24, 2.45) is 11.8 Å². The maximum Gasteiger partial charge on any atom is 0.350 e. The average molecular weight is 510 g/mol. The van der Waals surface area contributed by atoms with Crippen molar-refractivity contribution >= 4 is 17.2 Å². The van der Waals surface area contributed by atoms with E-state index in [0.717, 1.165) is 31.6 Å². The van der Waals surface area contributed by atoms with Crippen LogP contribution in [0.4, 0.5) is 5.69 Å². The molecule has 2 atom stereocenters. The molecule has 0 bridgehead atoms. The quantitative estimate of drug-likeness (QED) is 0.126.